The second-order valence-electron chi connectivity index (χ2n) is 5.78. The smallest absolute Gasteiger partial charge is 0.308 e. The fourth-order valence-corrected chi connectivity index (χ4v) is 2.77. The van der Waals surface area contributed by atoms with Crippen LogP contribution < -0.4 is 9.67 Å². The highest BCUT2D eigenvalue weighted by Gasteiger charge is 2.40. The zero-order chi connectivity index (χ0) is 16.4. The second kappa shape index (κ2) is 9.23. The Morgan fingerprint density at radius 2 is 1.82 bits per heavy atom. The molecule has 0 aliphatic heterocycles. The minimum absolute atomic E-state index is 0.262. The predicted molar refractivity (Wildman–Crippen MR) is 78.8 cm³/mol. The minimum Gasteiger partial charge on any atom is -0.545 e. The molecule has 0 radical (unpaired) electrons. The molecule has 0 saturated heterocycles. The van der Waals surface area contributed by atoms with Crippen LogP contribution in [-0.4, -0.2) is 22.0 Å². The molecule has 1 rings (SSSR count). The second-order valence-corrected chi connectivity index (χ2v) is 5.78. The van der Waals surface area contributed by atoms with Gasteiger partial charge in [0.25, 0.3) is 0 Å². The number of unbranched alkanes of at least 4 members (excludes halogenated alkanes) is 6. The van der Waals surface area contributed by atoms with Gasteiger partial charge >= 0.3 is 5.97 Å². The van der Waals surface area contributed by atoms with E-state index in [1.54, 1.807) is 12.4 Å². The maximum Gasteiger partial charge on any atom is 0.308 e. The van der Waals surface area contributed by atoms with Gasteiger partial charge in [0, 0.05) is 0 Å². The largest absolute Gasteiger partial charge is 0.545 e. The molecule has 1 aromatic heterocycles. The number of hydrogen-bond donors (Lipinski definition) is 2. The van der Waals surface area contributed by atoms with Gasteiger partial charge in [0.15, 0.2) is 5.54 Å². The summed E-state index contributed by atoms with van der Waals surface area (Å²) in [5, 5.41) is 20.7. The molecule has 1 heterocycles. The van der Waals surface area contributed by atoms with Crippen LogP contribution in [0.15, 0.2) is 18.7 Å². The summed E-state index contributed by atoms with van der Waals surface area (Å²) in [5.74, 6) is -2.48. The first-order valence-electron chi connectivity index (χ1n) is 8.00. The Kier molecular flexibility index (Phi) is 7.63. The fraction of sp³-hybridized carbons (Fsp3) is 0.688. The molecule has 1 unspecified atom stereocenters. The summed E-state index contributed by atoms with van der Waals surface area (Å²) in [5.41, 5.74) is -1.52. The van der Waals surface area contributed by atoms with Crippen LogP contribution >= 0.6 is 0 Å². The number of carboxylic acid groups (broad SMARTS) is 2. The van der Waals surface area contributed by atoms with Crippen molar-refractivity contribution in [1.29, 1.82) is 0 Å². The summed E-state index contributed by atoms with van der Waals surface area (Å²) in [6.07, 6.45) is 11.8. The molecule has 0 aromatic carbocycles. The van der Waals surface area contributed by atoms with Gasteiger partial charge in [0.2, 0.25) is 6.33 Å². The van der Waals surface area contributed by atoms with Crippen molar-refractivity contribution in [2.24, 2.45) is 0 Å². The Hall–Kier alpha value is -1.85. The van der Waals surface area contributed by atoms with Crippen LogP contribution in [0.2, 0.25) is 0 Å². The number of H-pyrrole nitrogens is 1. The number of carbonyl (C=O) groups is 2. The van der Waals surface area contributed by atoms with Gasteiger partial charge in [0.05, 0.1) is 12.4 Å². The van der Waals surface area contributed by atoms with Gasteiger partial charge in [-0.15, -0.1) is 0 Å². The average Bonchev–Trinajstić information content (AvgIpc) is 2.98. The van der Waals surface area contributed by atoms with Crippen molar-refractivity contribution in [3.05, 3.63) is 18.7 Å². The summed E-state index contributed by atoms with van der Waals surface area (Å²) in [4.78, 5) is 25.5. The van der Waals surface area contributed by atoms with Crippen LogP contribution in [0.3, 0.4) is 0 Å². The number of aromatic nitrogens is 2. The standard InChI is InChI=1S/C16H26N2O4/c1-2-3-4-5-6-7-8-9-16(15(21)22,12-14(19)20)18-11-10-17-13-18/h10-11,13H,2-9,12H2,1H3,(H2,19,20,21,22). The zero-order valence-electron chi connectivity index (χ0n) is 13.2. The molecule has 0 aliphatic rings. The molecule has 6 nitrogen and oxygen atoms in total. The summed E-state index contributed by atoms with van der Waals surface area (Å²) >= 11 is 0. The molecule has 22 heavy (non-hydrogen) atoms. The van der Waals surface area contributed by atoms with Gasteiger partial charge in [-0.05, 0) is 12.8 Å². The lowest BCUT2D eigenvalue weighted by atomic mass is 9.88. The van der Waals surface area contributed by atoms with Crippen molar-refractivity contribution in [2.75, 3.05) is 0 Å². The first-order valence-corrected chi connectivity index (χ1v) is 8.00. The maximum atomic E-state index is 11.7. The van der Waals surface area contributed by atoms with Crippen LogP contribution in [-0.2, 0) is 15.1 Å². The molecular formula is C16H26N2O4. The van der Waals surface area contributed by atoms with Crippen molar-refractivity contribution < 1.29 is 24.4 Å². The molecule has 1 aromatic rings. The molecule has 6 heteroatoms. The van der Waals surface area contributed by atoms with E-state index in [0.717, 1.165) is 19.3 Å². The van der Waals surface area contributed by atoms with E-state index in [4.69, 9.17) is 5.11 Å². The number of aliphatic carboxylic acids is 2. The summed E-state index contributed by atoms with van der Waals surface area (Å²) in [7, 11) is 0. The van der Waals surface area contributed by atoms with Gasteiger partial charge in [0.1, 0.15) is 12.4 Å². The maximum absolute atomic E-state index is 11.7. The van der Waals surface area contributed by atoms with E-state index in [1.165, 1.54) is 30.2 Å². The number of imidazole rings is 1. The van der Waals surface area contributed by atoms with E-state index in [-0.39, 0.29) is 6.42 Å². The third kappa shape index (κ3) is 5.16. The van der Waals surface area contributed by atoms with Gasteiger partial charge in [-0.2, -0.15) is 0 Å². The molecule has 0 bridgehead atoms. The van der Waals surface area contributed by atoms with Gasteiger partial charge in [-0.25, -0.2) is 4.57 Å². The van der Waals surface area contributed by atoms with Crippen LogP contribution in [0.1, 0.15) is 64.7 Å². The summed E-state index contributed by atoms with van der Waals surface area (Å²) < 4.78 is 1.41. The van der Waals surface area contributed by atoms with E-state index in [1.807, 2.05) is 0 Å². The van der Waals surface area contributed by atoms with Crippen LogP contribution in [0.4, 0.5) is 0 Å². The van der Waals surface area contributed by atoms with Crippen molar-refractivity contribution >= 4 is 11.9 Å². The Morgan fingerprint density at radius 1 is 1.18 bits per heavy atom. The van der Waals surface area contributed by atoms with E-state index in [9.17, 15) is 14.7 Å². The lowest BCUT2D eigenvalue weighted by Gasteiger charge is -2.30. The highest BCUT2D eigenvalue weighted by molar-refractivity contribution is 5.80. The number of aromatic amines is 1. The van der Waals surface area contributed by atoms with Crippen molar-refractivity contribution in [1.82, 2.24) is 4.98 Å². The lowest BCUT2D eigenvalue weighted by molar-refractivity contribution is -0.755. The number of nitrogens with zero attached hydrogens (tertiary/aromatic N) is 1. The number of rotatable bonds is 12. The quantitative estimate of drug-likeness (QED) is 0.450. The normalized spacial score (nSPS) is 13.7. The zero-order valence-corrected chi connectivity index (χ0v) is 13.2. The SMILES string of the molecule is CCCCCCCCCC(CC(=O)O)(C(=O)[O-])[n+]1cc[nH]c1. The first-order chi connectivity index (χ1) is 10.5. The van der Waals surface area contributed by atoms with E-state index < -0.39 is 23.9 Å². The molecule has 0 spiro atoms. The number of nitrogens with one attached hydrogen (secondary N) is 1. The molecule has 124 valence electrons. The summed E-state index contributed by atoms with van der Waals surface area (Å²) in [6.45, 7) is 2.16. The lowest BCUT2D eigenvalue weighted by Crippen LogP contribution is -2.65. The van der Waals surface area contributed by atoms with Gasteiger partial charge in [-0.3, -0.25) is 9.78 Å². The Labute approximate surface area is 131 Å². The number of hydrogen-bond acceptors (Lipinski definition) is 3. The first kappa shape index (κ1) is 18.2. The molecule has 1 atom stereocenters. The third-order valence-corrected chi connectivity index (χ3v) is 4.06. The highest BCUT2D eigenvalue weighted by atomic mass is 16.4. The van der Waals surface area contributed by atoms with E-state index in [0.29, 0.717) is 6.42 Å². The van der Waals surface area contributed by atoms with Crippen molar-refractivity contribution in [3.63, 3.8) is 0 Å². The Bertz CT molecular complexity index is 459. The molecule has 0 fully saturated rings. The molecule has 2 N–H and O–H groups in total. The van der Waals surface area contributed by atoms with E-state index in [2.05, 4.69) is 11.9 Å². The summed E-state index contributed by atoms with van der Waals surface area (Å²) in [6, 6.07) is 0. The molecule has 0 saturated carbocycles. The topological polar surface area (TPSA) is 97.1 Å². The van der Waals surface area contributed by atoms with Crippen LogP contribution in [0, 0.1) is 0 Å². The number of carbonyl (C=O) groups excluding carboxylic acids is 1. The molecular weight excluding hydrogens is 284 g/mol. The Morgan fingerprint density at radius 3 is 2.32 bits per heavy atom. The van der Waals surface area contributed by atoms with Gasteiger partial charge < -0.3 is 15.0 Å². The Balaban J connectivity index is 2.63. The van der Waals surface area contributed by atoms with Crippen LogP contribution in [0.5, 0.6) is 0 Å². The number of carboxylic acids is 2. The van der Waals surface area contributed by atoms with Crippen molar-refractivity contribution in [2.45, 2.75) is 70.3 Å². The third-order valence-electron chi connectivity index (χ3n) is 4.06. The van der Waals surface area contributed by atoms with Crippen LogP contribution in [0.25, 0.3) is 0 Å². The molecule has 0 aliphatic carbocycles. The predicted octanol–water partition coefficient (Wildman–Crippen LogP) is 1.36. The fourth-order valence-electron chi connectivity index (χ4n) is 2.77. The highest BCUT2D eigenvalue weighted by Crippen LogP contribution is 2.23. The monoisotopic (exact) mass is 310 g/mol. The van der Waals surface area contributed by atoms with E-state index >= 15 is 0 Å². The van der Waals surface area contributed by atoms with Gasteiger partial charge in [-0.1, -0.05) is 45.4 Å². The average molecular weight is 310 g/mol. The minimum atomic E-state index is -1.52. The van der Waals surface area contributed by atoms with Crippen molar-refractivity contribution in [3.8, 4) is 0 Å². The molecule has 0 amide bonds.